The molecule has 0 aliphatic carbocycles. The molecule has 1 aliphatic heterocycles. The van der Waals surface area contributed by atoms with E-state index in [4.69, 9.17) is 39.5 Å². The molecule has 4 rings (SSSR count). The Morgan fingerprint density at radius 3 is 2.41 bits per heavy atom. The number of nitrogens with zero attached hydrogens (tertiary/aromatic N) is 3. The maximum atomic E-state index is 12.7. The first kappa shape index (κ1) is 25.0. The Morgan fingerprint density at radius 2 is 1.76 bits per heavy atom. The molecule has 0 unspecified atom stereocenters. The molecule has 180 valence electrons. The van der Waals surface area contributed by atoms with E-state index in [1.54, 1.807) is 18.3 Å². The van der Waals surface area contributed by atoms with Crippen molar-refractivity contribution in [2.24, 2.45) is 5.92 Å². The summed E-state index contributed by atoms with van der Waals surface area (Å²) in [7, 11) is 0. The van der Waals surface area contributed by atoms with E-state index in [0.717, 1.165) is 43.0 Å². The Hall–Kier alpha value is -2.06. The normalized spacial score (nSPS) is 18.9. The van der Waals surface area contributed by atoms with E-state index in [0.29, 0.717) is 28.2 Å². The van der Waals surface area contributed by atoms with Gasteiger partial charge in [-0.15, -0.1) is 0 Å². The molecule has 3 aromatic rings. The highest BCUT2D eigenvalue weighted by Gasteiger charge is 2.34. The average Bonchev–Trinajstić information content (AvgIpc) is 3.19. The molecule has 0 saturated carbocycles. The van der Waals surface area contributed by atoms with Crippen molar-refractivity contribution >= 4 is 34.8 Å². The SMILES string of the molecule is FC(F)(F)c1ccc(OCC[C@@H]2CN(Cc3ccc(Cl)nc3)C[C@@H]2c2ccc(Cl)c(Cl)c2)nc1. The molecule has 2 aromatic heterocycles. The number of hydrogen-bond acceptors (Lipinski definition) is 4. The number of likely N-dealkylation sites (tertiary alicyclic amines) is 1. The Balaban J connectivity index is 1.43. The number of aromatic nitrogens is 2. The standard InChI is InChI=1S/C24H21Cl3F3N3O/c25-20-4-2-16(9-21(20)26)19-14-33(12-15-1-5-22(27)31-10-15)13-17(19)7-8-34-23-6-3-18(11-32-23)24(28,29)30/h1-6,9-11,17,19H,7-8,12-14H2/t17-,19-/m1/s1. The molecule has 0 spiro atoms. The molecule has 10 heteroatoms. The minimum Gasteiger partial charge on any atom is -0.478 e. The van der Waals surface area contributed by atoms with Crippen molar-refractivity contribution < 1.29 is 17.9 Å². The predicted octanol–water partition coefficient (Wildman–Crippen LogP) is 7.14. The molecule has 34 heavy (non-hydrogen) atoms. The fourth-order valence-corrected chi connectivity index (χ4v) is 4.63. The zero-order chi connectivity index (χ0) is 24.3. The summed E-state index contributed by atoms with van der Waals surface area (Å²) < 4.78 is 43.9. The van der Waals surface area contributed by atoms with Gasteiger partial charge < -0.3 is 4.74 Å². The number of ether oxygens (including phenoxy) is 1. The van der Waals surface area contributed by atoms with Crippen molar-refractivity contribution in [3.05, 3.63) is 86.7 Å². The summed E-state index contributed by atoms with van der Waals surface area (Å²) in [5, 5.41) is 1.45. The molecule has 1 fully saturated rings. The fourth-order valence-electron chi connectivity index (χ4n) is 4.21. The first-order valence-electron chi connectivity index (χ1n) is 10.6. The zero-order valence-electron chi connectivity index (χ0n) is 17.9. The van der Waals surface area contributed by atoms with Crippen LogP contribution in [-0.2, 0) is 12.7 Å². The van der Waals surface area contributed by atoms with Crippen molar-refractivity contribution in [2.45, 2.75) is 25.1 Å². The number of rotatable bonds is 7. The molecule has 1 aromatic carbocycles. The maximum Gasteiger partial charge on any atom is 0.417 e. The Labute approximate surface area is 210 Å². The molecule has 2 atom stereocenters. The van der Waals surface area contributed by atoms with Gasteiger partial charge in [0.2, 0.25) is 5.88 Å². The second kappa shape index (κ2) is 10.7. The molecule has 1 aliphatic rings. The van der Waals surface area contributed by atoms with Crippen LogP contribution in [0, 0.1) is 5.92 Å². The molecule has 0 N–H and O–H groups in total. The van der Waals surface area contributed by atoms with Crippen LogP contribution in [0.3, 0.4) is 0 Å². The van der Waals surface area contributed by atoms with Crippen LogP contribution in [0.5, 0.6) is 5.88 Å². The van der Waals surface area contributed by atoms with Gasteiger partial charge in [-0.05, 0) is 47.7 Å². The van der Waals surface area contributed by atoms with Crippen molar-refractivity contribution in [2.75, 3.05) is 19.7 Å². The van der Waals surface area contributed by atoms with Gasteiger partial charge in [0.05, 0.1) is 22.2 Å². The number of hydrogen-bond donors (Lipinski definition) is 0. The molecule has 4 nitrogen and oxygen atoms in total. The first-order valence-corrected chi connectivity index (χ1v) is 11.8. The lowest BCUT2D eigenvalue weighted by atomic mass is 9.87. The van der Waals surface area contributed by atoms with Gasteiger partial charge in [-0.2, -0.15) is 13.2 Å². The van der Waals surface area contributed by atoms with Crippen molar-refractivity contribution in [1.29, 1.82) is 0 Å². The van der Waals surface area contributed by atoms with E-state index in [2.05, 4.69) is 14.9 Å². The Bertz CT molecular complexity index is 1110. The van der Waals surface area contributed by atoms with E-state index < -0.39 is 11.7 Å². The van der Waals surface area contributed by atoms with E-state index in [1.807, 2.05) is 18.2 Å². The van der Waals surface area contributed by atoms with Crippen molar-refractivity contribution in [3.63, 3.8) is 0 Å². The van der Waals surface area contributed by atoms with Crippen LogP contribution in [0.1, 0.15) is 29.0 Å². The predicted molar refractivity (Wildman–Crippen MR) is 127 cm³/mol. The van der Waals surface area contributed by atoms with Crippen molar-refractivity contribution in [1.82, 2.24) is 14.9 Å². The van der Waals surface area contributed by atoms with E-state index in [-0.39, 0.29) is 17.7 Å². The highest BCUT2D eigenvalue weighted by molar-refractivity contribution is 6.42. The summed E-state index contributed by atoms with van der Waals surface area (Å²) in [5.41, 5.74) is 1.34. The first-order chi connectivity index (χ1) is 16.2. The van der Waals surface area contributed by atoms with Crippen LogP contribution in [0.2, 0.25) is 15.2 Å². The lowest BCUT2D eigenvalue weighted by molar-refractivity contribution is -0.137. The summed E-state index contributed by atoms with van der Waals surface area (Å²) in [4.78, 5) is 10.3. The monoisotopic (exact) mass is 529 g/mol. The lowest BCUT2D eigenvalue weighted by Gasteiger charge is -2.19. The third-order valence-corrected chi connectivity index (χ3v) is 6.85. The van der Waals surface area contributed by atoms with Crippen LogP contribution in [0.4, 0.5) is 13.2 Å². The third kappa shape index (κ3) is 6.33. The van der Waals surface area contributed by atoms with Crippen LogP contribution in [0.25, 0.3) is 0 Å². The van der Waals surface area contributed by atoms with Gasteiger partial charge in [-0.25, -0.2) is 9.97 Å². The summed E-state index contributed by atoms with van der Waals surface area (Å²) in [5.74, 6) is 0.604. The molecule has 0 bridgehead atoms. The third-order valence-electron chi connectivity index (χ3n) is 5.89. The van der Waals surface area contributed by atoms with Gasteiger partial charge in [-0.1, -0.05) is 46.9 Å². The number of alkyl halides is 3. The molecular formula is C24H21Cl3F3N3O. The molecule has 1 saturated heterocycles. The quantitative estimate of drug-likeness (QED) is 0.304. The molecule has 0 amide bonds. The van der Waals surface area contributed by atoms with Gasteiger partial charge in [0.1, 0.15) is 5.15 Å². The largest absolute Gasteiger partial charge is 0.478 e. The summed E-state index contributed by atoms with van der Waals surface area (Å²) in [6.07, 6.45) is -1.18. The van der Waals surface area contributed by atoms with Gasteiger partial charge in [0, 0.05) is 44.0 Å². The molecule has 3 heterocycles. The molecule has 0 radical (unpaired) electrons. The highest BCUT2D eigenvalue weighted by atomic mass is 35.5. The minimum absolute atomic E-state index is 0.168. The van der Waals surface area contributed by atoms with E-state index in [9.17, 15) is 13.2 Å². The van der Waals surface area contributed by atoms with Gasteiger partial charge >= 0.3 is 6.18 Å². The topological polar surface area (TPSA) is 38.2 Å². The molecular weight excluding hydrogens is 510 g/mol. The lowest BCUT2D eigenvalue weighted by Crippen LogP contribution is -2.20. The second-order valence-corrected chi connectivity index (χ2v) is 9.45. The number of benzene rings is 1. The average molecular weight is 531 g/mol. The summed E-state index contributed by atoms with van der Waals surface area (Å²) >= 11 is 18.3. The van der Waals surface area contributed by atoms with E-state index >= 15 is 0 Å². The Kier molecular flexibility index (Phi) is 7.87. The van der Waals surface area contributed by atoms with Crippen LogP contribution >= 0.6 is 34.8 Å². The fraction of sp³-hybridized carbons (Fsp3) is 0.333. The zero-order valence-corrected chi connectivity index (χ0v) is 20.2. The highest BCUT2D eigenvalue weighted by Crippen LogP contribution is 2.38. The van der Waals surface area contributed by atoms with Gasteiger partial charge in [0.15, 0.2) is 0 Å². The van der Waals surface area contributed by atoms with Crippen molar-refractivity contribution in [3.8, 4) is 5.88 Å². The van der Waals surface area contributed by atoms with Gasteiger partial charge in [0.25, 0.3) is 0 Å². The second-order valence-electron chi connectivity index (χ2n) is 8.24. The van der Waals surface area contributed by atoms with Crippen LogP contribution < -0.4 is 4.74 Å². The number of halogens is 6. The Morgan fingerprint density at radius 1 is 0.941 bits per heavy atom. The maximum absolute atomic E-state index is 12.7. The summed E-state index contributed by atoms with van der Waals surface area (Å²) in [6.45, 7) is 2.68. The number of pyridine rings is 2. The van der Waals surface area contributed by atoms with Crippen LogP contribution in [-0.4, -0.2) is 34.6 Å². The summed E-state index contributed by atoms with van der Waals surface area (Å²) in [6, 6.07) is 11.6. The van der Waals surface area contributed by atoms with Crippen LogP contribution in [0.15, 0.2) is 54.9 Å². The van der Waals surface area contributed by atoms with E-state index in [1.165, 1.54) is 6.07 Å². The minimum atomic E-state index is -4.43. The van der Waals surface area contributed by atoms with Gasteiger partial charge in [-0.3, -0.25) is 4.90 Å². The smallest absolute Gasteiger partial charge is 0.417 e.